The van der Waals surface area contributed by atoms with E-state index in [1.807, 2.05) is 24.3 Å². The first-order valence-electron chi connectivity index (χ1n) is 11.4. The van der Waals surface area contributed by atoms with Gasteiger partial charge in [-0.05, 0) is 64.4 Å². The lowest BCUT2D eigenvalue weighted by molar-refractivity contribution is -0.123. The number of primary amides is 1. The van der Waals surface area contributed by atoms with Crippen molar-refractivity contribution in [1.29, 1.82) is 0 Å². The highest BCUT2D eigenvalue weighted by Gasteiger charge is 2.22. The minimum Gasteiger partial charge on any atom is -0.493 e. The van der Waals surface area contributed by atoms with Gasteiger partial charge < -0.3 is 30.7 Å². The predicted molar refractivity (Wildman–Crippen MR) is 141 cm³/mol. The fraction of sp³-hybridized carbons (Fsp3) is 0.652. The quantitative estimate of drug-likeness (QED) is 0.148. The predicted octanol–water partition coefficient (Wildman–Crippen LogP) is 3.07. The van der Waals surface area contributed by atoms with Crippen LogP contribution in [0.4, 0.5) is 5.69 Å². The number of piperidine rings is 1. The topological polar surface area (TPSA) is 101 Å². The van der Waals surface area contributed by atoms with E-state index in [-0.39, 0.29) is 35.8 Å². The number of carbonyl (C=O) groups is 1. The van der Waals surface area contributed by atoms with Gasteiger partial charge in [-0.1, -0.05) is 6.07 Å². The number of hydrogen-bond acceptors (Lipinski definition) is 5. The Morgan fingerprint density at radius 3 is 2.69 bits per heavy atom. The largest absolute Gasteiger partial charge is 0.493 e. The molecule has 1 saturated heterocycles. The van der Waals surface area contributed by atoms with Crippen LogP contribution in [-0.2, 0) is 9.53 Å². The Morgan fingerprint density at radius 1 is 1.22 bits per heavy atom. The molecular weight excluding hydrogens is 521 g/mol. The van der Waals surface area contributed by atoms with Crippen molar-refractivity contribution in [3.63, 3.8) is 0 Å². The maximum absolute atomic E-state index is 11.3. The first kappa shape index (κ1) is 28.4. The number of aliphatic imine (C=N–C) groups is 1. The lowest BCUT2D eigenvalue weighted by Crippen LogP contribution is -2.38. The van der Waals surface area contributed by atoms with Crippen LogP contribution < -0.4 is 21.1 Å². The zero-order valence-electron chi connectivity index (χ0n) is 19.5. The third kappa shape index (κ3) is 11.3. The second kappa shape index (κ2) is 17.0. The molecule has 182 valence electrons. The molecule has 0 aromatic heterocycles. The summed E-state index contributed by atoms with van der Waals surface area (Å²) in [5.41, 5.74) is 6.35. The van der Waals surface area contributed by atoms with Crippen LogP contribution in [0.1, 0.15) is 39.0 Å². The minimum absolute atomic E-state index is 0. The SMILES string of the molecule is CCNC(=NCCCCN1CCC(C(N)=O)CC1)Nc1cccc(OCCCOC)c1.I. The van der Waals surface area contributed by atoms with Crippen LogP contribution in [0.2, 0.25) is 0 Å². The van der Waals surface area contributed by atoms with E-state index in [9.17, 15) is 4.79 Å². The van der Waals surface area contributed by atoms with Crippen molar-refractivity contribution in [2.24, 2.45) is 16.6 Å². The third-order valence-electron chi connectivity index (χ3n) is 5.34. The molecule has 32 heavy (non-hydrogen) atoms. The summed E-state index contributed by atoms with van der Waals surface area (Å²) in [7, 11) is 1.69. The van der Waals surface area contributed by atoms with Crippen LogP contribution in [-0.4, -0.2) is 69.8 Å². The summed E-state index contributed by atoms with van der Waals surface area (Å²) in [4.78, 5) is 18.4. The highest BCUT2D eigenvalue weighted by molar-refractivity contribution is 14.0. The average Bonchev–Trinajstić information content (AvgIpc) is 2.77. The van der Waals surface area contributed by atoms with E-state index in [1.165, 1.54) is 0 Å². The third-order valence-corrected chi connectivity index (χ3v) is 5.34. The minimum atomic E-state index is -0.152. The second-order valence-corrected chi connectivity index (χ2v) is 7.83. The van der Waals surface area contributed by atoms with Crippen LogP contribution in [0.25, 0.3) is 0 Å². The van der Waals surface area contributed by atoms with E-state index in [1.54, 1.807) is 7.11 Å². The average molecular weight is 562 g/mol. The van der Waals surface area contributed by atoms with Gasteiger partial charge in [-0.3, -0.25) is 9.79 Å². The van der Waals surface area contributed by atoms with E-state index in [0.717, 1.165) is 82.2 Å². The summed E-state index contributed by atoms with van der Waals surface area (Å²) in [6.45, 7) is 7.92. The fourth-order valence-corrected chi connectivity index (χ4v) is 3.58. The molecule has 4 N–H and O–H groups in total. The first-order chi connectivity index (χ1) is 15.1. The van der Waals surface area contributed by atoms with Gasteiger partial charge in [0.05, 0.1) is 6.61 Å². The number of nitrogens with one attached hydrogen (secondary N) is 2. The maximum Gasteiger partial charge on any atom is 0.220 e. The zero-order chi connectivity index (χ0) is 22.3. The Kier molecular flexibility index (Phi) is 15.1. The summed E-state index contributed by atoms with van der Waals surface area (Å²) < 4.78 is 10.8. The molecule has 1 aromatic carbocycles. The van der Waals surface area contributed by atoms with Crippen molar-refractivity contribution in [3.8, 4) is 5.75 Å². The number of guanidine groups is 1. The number of ether oxygens (including phenoxy) is 2. The number of halogens is 1. The van der Waals surface area contributed by atoms with Gasteiger partial charge in [0.2, 0.25) is 5.91 Å². The van der Waals surface area contributed by atoms with Gasteiger partial charge in [-0.25, -0.2) is 0 Å². The van der Waals surface area contributed by atoms with Crippen LogP contribution >= 0.6 is 24.0 Å². The summed E-state index contributed by atoms with van der Waals surface area (Å²) in [6, 6.07) is 7.91. The molecule has 1 amide bonds. The van der Waals surface area contributed by atoms with Crippen molar-refractivity contribution in [3.05, 3.63) is 24.3 Å². The Labute approximate surface area is 209 Å². The Morgan fingerprint density at radius 2 is 2.00 bits per heavy atom. The van der Waals surface area contributed by atoms with Crippen LogP contribution in [0.5, 0.6) is 5.75 Å². The second-order valence-electron chi connectivity index (χ2n) is 7.83. The molecule has 1 aromatic rings. The number of methoxy groups -OCH3 is 1. The van der Waals surface area contributed by atoms with E-state index in [0.29, 0.717) is 13.2 Å². The van der Waals surface area contributed by atoms with E-state index in [2.05, 4.69) is 22.5 Å². The number of carbonyl (C=O) groups excluding carboxylic acids is 1. The van der Waals surface area contributed by atoms with Gasteiger partial charge in [-0.15, -0.1) is 24.0 Å². The Bertz CT molecular complexity index is 681. The molecule has 9 heteroatoms. The van der Waals surface area contributed by atoms with Crippen LogP contribution in [0.3, 0.4) is 0 Å². The molecule has 8 nitrogen and oxygen atoms in total. The normalized spacial score (nSPS) is 15.1. The molecule has 1 heterocycles. The van der Waals surface area contributed by atoms with E-state index in [4.69, 9.17) is 20.2 Å². The van der Waals surface area contributed by atoms with E-state index < -0.39 is 0 Å². The molecule has 0 unspecified atom stereocenters. The van der Waals surface area contributed by atoms with Gasteiger partial charge in [0.15, 0.2) is 5.96 Å². The monoisotopic (exact) mass is 561 g/mol. The molecule has 0 saturated carbocycles. The van der Waals surface area contributed by atoms with Gasteiger partial charge >= 0.3 is 0 Å². The van der Waals surface area contributed by atoms with Crippen LogP contribution in [0.15, 0.2) is 29.3 Å². The Hall–Kier alpha value is -1.59. The summed E-state index contributed by atoms with van der Waals surface area (Å²) in [6.07, 6.45) is 4.75. The number of hydrogen-bond donors (Lipinski definition) is 3. The van der Waals surface area contributed by atoms with Crippen molar-refractivity contribution >= 4 is 41.5 Å². The number of anilines is 1. The number of unbranched alkanes of at least 4 members (excludes halogenated alkanes) is 1. The molecule has 1 aliphatic rings. The lowest BCUT2D eigenvalue weighted by atomic mass is 9.96. The molecule has 1 fully saturated rings. The number of likely N-dealkylation sites (tertiary alicyclic amines) is 1. The lowest BCUT2D eigenvalue weighted by Gasteiger charge is -2.30. The first-order valence-corrected chi connectivity index (χ1v) is 11.4. The highest BCUT2D eigenvalue weighted by Crippen LogP contribution is 2.18. The number of nitrogens with two attached hydrogens (primary N) is 1. The van der Waals surface area contributed by atoms with E-state index >= 15 is 0 Å². The molecule has 1 aliphatic heterocycles. The molecular formula is C23H40IN5O3. The standard InChI is InChI=1S/C23H39N5O3.HI/c1-3-25-23(27-20-8-6-9-21(18-20)31-17-7-16-30-2)26-12-4-5-13-28-14-10-19(11-15-28)22(24)29;/h6,8-9,18-19H,3-5,7,10-17H2,1-2H3,(H2,24,29)(H2,25,26,27);1H. The molecule has 0 atom stereocenters. The number of rotatable bonds is 13. The number of nitrogens with zero attached hydrogens (tertiary/aromatic N) is 2. The molecule has 0 spiro atoms. The summed E-state index contributed by atoms with van der Waals surface area (Å²) >= 11 is 0. The Balaban J connectivity index is 0.00000512. The molecule has 0 bridgehead atoms. The maximum atomic E-state index is 11.3. The van der Waals surface area contributed by atoms with Gasteiger partial charge in [-0.2, -0.15) is 0 Å². The molecule has 0 radical (unpaired) electrons. The summed E-state index contributed by atoms with van der Waals surface area (Å²) in [5.74, 6) is 1.52. The van der Waals surface area contributed by atoms with Crippen molar-refractivity contribution in [2.45, 2.75) is 39.0 Å². The van der Waals surface area contributed by atoms with Crippen molar-refractivity contribution in [1.82, 2.24) is 10.2 Å². The summed E-state index contributed by atoms with van der Waals surface area (Å²) in [5, 5.41) is 6.65. The van der Waals surface area contributed by atoms with Crippen molar-refractivity contribution < 1.29 is 14.3 Å². The van der Waals surface area contributed by atoms with Crippen LogP contribution in [0, 0.1) is 5.92 Å². The van der Waals surface area contributed by atoms with Crippen molar-refractivity contribution in [2.75, 3.05) is 58.4 Å². The van der Waals surface area contributed by atoms with Gasteiger partial charge in [0, 0.05) is 50.9 Å². The fourth-order valence-electron chi connectivity index (χ4n) is 3.58. The smallest absolute Gasteiger partial charge is 0.220 e. The van der Waals surface area contributed by atoms with Gasteiger partial charge in [0.25, 0.3) is 0 Å². The molecule has 2 rings (SSSR count). The van der Waals surface area contributed by atoms with Gasteiger partial charge in [0.1, 0.15) is 5.75 Å². The number of amides is 1. The molecule has 0 aliphatic carbocycles. The zero-order valence-corrected chi connectivity index (χ0v) is 21.8. The number of benzene rings is 1. The highest BCUT2D eigenvalue weighted by atomic mass is 127.